The minimum Gasteiger partial charge on any atom is -0.444 e. The molecule has 5 nitrogen and oxygen atoms in total. The fourth-order valence-electron chi connectivity index (χ4n) is 2.76. The fourth-order valence-corrected chi connectivity index (χ4v) is 2.76. The van der Waals surface area contributed by atoms with Crippen LogP contribution in [-0.2, 0) is 4.74 Å². The molecule has 0 saturated carbocycles. The molecular formula is C17H23FN2O3. The minimum atomic E-state index is -0.574. The van der Waals surface area contributed by atoms with Crippen molar-refractivity contribution < 1.29 is 18.7 Å². The molecule has 1 aromatic carbocycles. The molecule has 0 aliphatic carbocycles. The Balaban J connectivity index is 2.12. The molecule has 1 N–H and O–H groups in total. The number of hydrogen-bond donors (Lipinski definition) is 1. The molecule has 0 aromatic heterocycles. The Morgan fingerprint density at radius 2 is 2.13 bits per heavy atom. The molecule has 1 heterocycles. The van der Waals surface area contributed by atoms with Crippen LogP contribution in [0.3, 0.4) is 0 Å². The number of carbonyl (C=O) groups excluding carboxylic acids is 2. The summed E-state index contributed by atoms with van der Waals surface area (Å²) in [5, 5.41) is 2.85. The number of carbonyl (C=O) groups is 2. The number of para-hydroxylation sites is 1. The number of halogens is 1. The third-order valence-corrected chi connectivity index (χ3v) is 3.74. The van der Waals surface area contributed by atoms with Gasteiger partial charge in [-0.2, -0.15) is 0 Å². The minimum absolute atomic E-state index is 0.289. The molecule has 1 amide bonds. The number of aldehydes is 1. The van der Waals surface area contributed by atoms with Gasteiger partial charge in [-0.15, -0.1) is 0 Å². The van der Waals surface area contributed by atoms with Crippen LogP contribution < -0.4 is 10.2 Å². The standard InChI is InChI=1S/C17H23FN2O3/c1-16(2,3)23-15(22)19-17(4)8-9-20(11-17)14-12(10-21)6-5-7-13(14)18/h5-7,10H,8-9,11H2,1-4H3,(H,19,22). The number of alkyl carbamates (subject to hydrolysis) is 1. The van der Waals surface area contributed by atoms with E-state index in [1.54, 1.807) is 31.7 Å². The molecule has 126 valence electrons. The second-order valence-corrected chi connectivity index (χ2v) is 7.15. The van der Waals surface area contributed by atoms with Crippen molar-refractivity contribution in [3.8, 4) is 0 Å². The van der Waals surface area contributed by atoms with Crippen molar-refractivity contribution in [2.45, 2.75) is 45.3 Å². The van der Waals surface area contributed by atoms with Crippen molar-refractivity contribution in [3.05, 3.63) is 29.6 Å². The maximum absolute atomic E-state index is 14.1. The highest BCUT2D eigenvalue weighted by atomic mass is 19.1. The van der Waals surface area contributed by atoms with Gasteiger partial charge in [0.25, 0.3) is 0 Å². The Kier molecular flexibility index (Phi) is 4.63. The number of benzene rings is 1. The lowest BCUT2D eigenvalue weighted by molar-refractivity contribution is 0.0473. The normalized spacial score (nSPS) is 21.2. The van der Waals surface area contributed by atoms with Gasteiger partial charge in [0.2, 0.25) is 0 Å². The summed E-state index contributed by atoms with van der Waals surface area (Å²) in [6.45, 7) is 8.24. The van der Waals surface area contributed by atoms with Gasteiger partial charge in [-0.1, -0.05) is 6.07 Å². The summed E-state index contributed by atoms with van der Waals surface area (Å²) in [6.07, 6.45) is 0.792. The smallest absolute Gasteiger partial charge is 0.408 e. The van der Waals surface area contributed by atoms with Gasteiger partial charge < -0.3 is 15.0 Å². The van der Waals surface area contributed by atoms with Crippen molar-refractivity contribution in [2.24, 2.45) is 0 Å². The number of nitrogens with zero attached hydrogens (tertiary/aromatic N) is 1. The van der Waals surface area contributed by atoms with Crippen LogP contribution >= 0.6 is 0 Å². The van der Waals surface area contributed by atoms with Gasteiger partial charge in [0, 0.05) is 18.7 Å². The zero-order valence-electron chi connectivity index (χ0n) is 14.0. The van der Waals surface area contributed by atoms with E-state index in [1.165, 1.54) is 12.1 Å². The van der Waals surface area contributed by atoms with E-state index >= 15 is 0 Å². The molecule has 2 rings (SSSR count). The first-order chi connectivity index (χ1) is 10.6. The summed E-state index contributed by atoms with van der Waals surface area (Å²) in [6, 6.07) is 4.43. The van der Waals surface area contributed by atoms with E-state index in [-0.39, 0.29) is 5.69 Å². The first-order valence-corrected chi connectivity index (χ1v) is 7.63. The summed E-state index contributed by atoms with van der Waals surface area (Å²) in [5.74, 6) is -0.434. The second-order valence-electron chi connectivity index (χ2n) is 7.15. The summed E-state index contributed by atoms with van der Waals surface area (Å²) in [5.41, 5.74) is -0.511. The zero-order chi connectivity index (χ0) is 17.3. The van der Waals surface area contributed by atoms with Crippen LogP contribution in [0.4, 0.5) is 14.9 Å². The summed E-state index contributed by atoms with van der Waals surface area (Å²) < 4.78 is 19.4. The van der Waals surface area contributed by atoms with Crippen LogP contribution in [-0.4, -0.2) is 36.6 Å². The highest BCUT2D eigenvalue weighted by molar-refractivity contribution is 5.85. The van der Waals surface area contributed by atoms with Crippen LogP contribution in [0.15, 0.2) is 18.2 Å². The molecule has 1 aliphatic heterocycles. The number of nitrogens with one attached hydrogen (secondary N) is 1. The van der Waals surface area contributed by atoms with E-state index in [4.69, 9.17) is 4.74 Å². The van der Waals surface area contributed by atoms with Gasteiger partial charge in [0.05, 0.1) is 11.2 Å². The molecule has 1 aliphatic rings. The predicted molar refractivity (Wildman–Crippen MR) is 86.4 cm³/mol. The quantitative estimate of drug-likeness (QED) is 0.869. The average molecular weight is 322 g/mol. The third kappa shape index (κ3) is 4.21. The van der Waals surface area contributed by atoms with Gasteiger partial charge in [-0.3, -0.25) is 4.79 Å². The van der Waals surface area contributed by atoms with Crippen molar-refractivity contribution in [3.63, 3.8) is 0 Å². The zero-order valence-corrected chi connectivity index (χ0v) is 14.0. The number of rotatable bonds is 3. The first-order valence-electron chi connectivity index (χ1n) is 7.63. The van der Waals surface area contributed by atoms with E-state index < -0.39 is 23.1 Å². The molecule has 1 aromatic rings. The monoisotopic (exact) mass is 322 g/mol. The van der Waals surface area contributed by atoms with E-state index in [0.29, 0.717) is 31.4 Å². The summed E-state index contributed by atoms with van der Waals surface area (Å²) in [4.78, 5) is 24.9. The molecule has 0 spiro atoms. The Bertz CT molecular complexity index is 612. The Hall–Kier alpha value is -2.11. The van der Waals surface area contributed by atoms with E-state index in [2.05, 4.69) is 5.32 Å². The molecule has 1 unspecified atom stereocenters. The van der Waals surface area contributed by atoms with E-state index in [9.17, 15) is 14.0 Å². The number of hydrogen-bond acceptors (Lipinski definition) is 4. The molecular weight excluding hydrogens is 299 g/mol. The van der Waals surface area contributed by atoms with Crippen molar-refractivity contribution >= 4 is 18.1 Å². The van der Waals surface area contributed by atoms with Gasteiger partial charge in [-0.05, 0) is 46.2 Å². The number of anilines is 1. The average Bonchev–Trinajstić information content (AvgIpc) is 2.77. The Morgan fingerprint density at radius 3 is 2.74 bits per heavy atom. The van der Waals surface area contributed by atoms with Gasteiger partial charge in [0.15, 0.2) is 6.29 Å². The summed E-state index contributed by atoms with van der Waals surface area (Å²) >= 11 is 0. The largest absolute Gasteiger partial charge is 0.444 e. The third-order valence-electron chi connectivity index (χ3n) is 3.74. The van der Waals surface area contributed by atoms with Crippen LogP contribution in [0.25, 0.3) is 0 Å². The van der Waals surface area contributed by atoms with Crippen LogP contribution in [0.5, 0.6) is 0 Å². The van der Waals surface area contributed by atoms with Crippen molar-refractivity contribution in [1.82, 2.24) is 5.32 Å². The lowest BCUT2D eigenvalue weighted by Gasteiger charge is -2.29. The highest BCUT2D eigenvalue weighted by Crippen LogP contribution is 2.31. The molecule has 0 radical (unpaired) electrons. The highest BCUT2D eigenvalue weighted by Gasteiger charge is 2.37. The second kappa shape index (κ2) is 6.18. The first kappa shape index (κ1) is 17.2. The lowest BCUT2D eigenvalue weighted by atomic mass is 10.0. The van der Waals surface area contributed by atoms with E-state index in [1.807, 2.05) is 6.92 Å². The molecule has 23 heavy (non-hydrogen) atoms. The SMILES string of the molecule is CC1(NC(=O)OC(C)(C)C)CCN(c2c(F)cccc2C=O)C1. The van der Waals surface area contributed by atoms with Crippen LogP contribution in [0.2, 0.25) is 0 Å². The number of amides is 1. The Labute approximate surface area is 135 Å². The van der Waals surface area contributed by atoms with Crippen LogP contribution in [0.1, 0.15) is 44.5 Å². The predicted octanol–water partition coefficient (Wildman–Crippen LogP) is 3.13. The fraction of sp³-hybridized carbons (Fsp3) is 0.529. The molecule has 0 bridgehead atoms. The van der Waals surface area contributed by atoms with Gasteiger partial charge in [-0.25, -0.2) is 9.18 Å². The van der Waals surface area contributed by atoms with E-state index in [0.717, 1.165) is 0 Å². The summed E-state index contributed by atoms with van der Waals surface area (Å²) in [7, 11) is 0. The van der Waals surface area contributed by atoms with Crippen LogP contribution in [0, 0.1) is 5.82 Å². The van der Waals surface area contributed by atoms with Gasteiger partial charge >= 0.3 is 6.09 Å². The number of ether oxygens (including phenoxy) is 1. The topological polar surface area (TPSA) is 58.6 Å². The maximum Gasteiger partial charge on any atom is 0.408 e. The molecule has 1 atom stereocenters. The Morgan fingerprint density at radius 1 is 1.43 bits per heavy atom. The lowest BCUT2D eigenvalue weighted by Crippen LogP contribution is -2.49. The maximum atomic E-state index is 14.1. The van der Waals surface area contributed by atoms with Gasteiger partial charge in [0.1, 0.15) is 11.4 Å². The molecule has 6 heteroatoms. The molecule has 1 fully saturated rings. The molecule has 1 saturated heterocycles. The van der Waals surface area contributed by atoms with Crippen molar-refractivity contribution in [1.29, 1.82) is 0 Å². The van der Waals surface area contributed by atoms with Crippen molar-refractivity contribution in [2.75, 3.05) is 18.0 Å².